The van der Waals surface area contributed by atoms with Crippen molar-refractivity contribution < 1.29 is 0 Å². The number of rotatable bonds is 6. The molecule has 1 unspecified atom stereocenters. The average Bonchev–Trinajstić information content (AvgIpc) is 2.94. The molecule has 1 aliphatic heterocycles. The number of aromatic nitrogens is 2. The maximum absolute atomic E-state index is 4.74. The van der Waals surface area contributed by atoms with Crippen LogP contribution >= 0.6 is 0 Å². The summed E-state index contributed by atoms with van der Waals surface area (Å²) in [6.45, 7) is 13.0. The minimum absolute atomic E-state index is 0.619. The molecule has 0 radical (unpaired) electrons. The van der Waals surface area contributed by atoms with E-state index in [-0.39, 0.29) is 0 Å². The van der Waals surface area contributed by atoms with Crippen LogP contribution in [0.5, 0.6) is 0 Å². The Morgan fingerprint density at radius 3 is 2.30 bits per heavy atom. The van der Waals surface area contributed by atoms with E-state index < -0.39 is 0 Å². The van der Waals surface area contributed by atoms with E-state index in [1.165, 1.54) is 18.4 Å². The highest BCUT2D eigenvalue weighted by Gasteiger charge is 2.18. The second-order valence-corrected chi connectivity index (χ2v) is 5.98. The SMILES string of the molecule is CCNCC(C)Cc1c(C)nc(N2CCCC2)nc1C. The van der Waals surface area contributed by atoms with Crippen LogP contribution in [-0.4, -0.2) is 36.1 Å². The van der Waals surface area contributed by atoms with Crippen LogP contribution in [0.15, 0.2) is 0 Å². The minimum atomic E-state index is 0.619. The summed E-state index contributed by atoms with van der Waals surface area (Å²) in [5.74, 6) is 1.55. The summed E-state index contributed by atoms with van der Waals surface area (Å²) in [5.41, 5.74) is 3.64. The third-order valence-corrected chi connectivity index (χ3v) is 4.09. The third-order valence-electron chi connectivity index (χ3n) is 4.09. The lowest BCUT2D eigenvalue weighted by atomic mass is 9.99. The quantitative estimate of drug-likeness (QED) is 0.866. The number of aryl methyl sites for hydroxylation is 2. The van der Waals surface area contributed by atoms with E-state index in [2.05, 4.69) is 37.9 Å². The van der Waals surface area contributed by atoms with Crippen molar-refractivity contribution in [1.82, 2.24) is 15.3 Å². The van der Waals surface area contributed by atoms with Gasteiger partial charge in [-0.15, -0.1) is 0 Å². The molecule has 1 saturated heterocycles. The largest absolute Gasteiger partial charge is 0.341 e. The van der Waals surface area contributed by atoms with E-state index in [9.17, 15) is 0 Å². The second kappa shape index (κ2) is 7.02. The zero-order valence-corrected chi connectivity index (χ0v) is 13.4. The molecule has 1 N–H and O–H groups in total. The zero-order chi connectivity index (χ0) is 14.5. The fourth-order valence-corrected chi connectivity index (χ4v) is 2.89. The van der Waals surface area contributed by atoms with Crippen molar-refractivity contribution in [3.63, 3.8) is 0 Å². The molecule has 20 heavy (non-hydrogen) atoms. The normalized spacial score (nSPS) is 16.7. The van der Waals surface area contributed by atoms with Crippen LogP contribution in [0, 0.1) is 19.8 Å². The predicted octanol–water partition coefficient (Wildman–Crippen LogP) is 2.48. The van der Waals surface area contributed by atoms with Gasteiger partial charge in [-0.05, 0) is 57.7 Å². The third kappa shape index (κ3) is 3.69. The number of hydrogen-bond donors (Lipinski definition) is 1. The molecule has 0 aromatic carbocycles. The number of anilines is 1. The van der Waals surface area contributed by atoms with Gasteiger partial charge in [0.2, 0.25) is 5.95 Å². The number of nitrogens with zero attached hydrogens (tertiary/aromatic N) is 3. The van der Waals surface area contributed by atoms with Crippen molar-refractivity contribution in [1.29, 1.82) is 0 Å². The lowest BCUT2D eigenvalue weighted by molar-refractivity contribution is 0.517. The van der Waals surface area contributed by atoms with E-state index in [1.54, 1.807) is 0 Å². The first-order chi connectivity index (χ1) is 9.61. The highest BCUT2D eigenvalue weighted by Crippen LogP contribution is 2.21. The highest BCUT2D eigenvalue weighted by molar-refractivity contribution is 5.37. The molecule has 0 bridgehead atoms. The highest BCUT2D eigenvalue weighted by atomic mass is 15.3. The van der Waals surface area contributed by atoms with Crippen LogP contribution in [0.25, 0.3) is 0 Å². The number of hydrogen-bond acceptors (Lipinski definition) is 4. The van der Waals surface area contributed by atoms with Gasteiger partial charge >= 0.3 is 0 Å². The second-order valence-electron chi connectivity index (χ2n) is 5.98. The molecular weight excluding hydrogens is 248 g/mol. The topological polar surface area (TPSA) is 41.1 Å². The molecule has 1 aromatic heterocycles. The van der Waals surface area contributed by atoms with Crippen molar-refractivity contribution in [3.8, 4) is 0 Å². The summed E-state index contributed by atoms with van der Waals surface area (Å²) in [4.78, 5) is 11.8. The van der Waals surface area contributed by atoms with Gasteiger partial charge in [-0.2, -0.15) is 0 Å². The molecule has 1 aliphatic rings. The Kier molecular flexibility index (Phi) is 5.35. The van der Waals surface area contributed by atoms with E-state index >= 15 is 0 Å². The summed E-state index contributed by atoms with van der Waals surface area (Å²) in [7, 11) is 0. The lowest BCUT2D eigenvalue weighted by Gasteiger charge is -2.20. The molecule has 1 atom stereocenters. The summed E-state index contributed by atoms with van der Waals surface area (Å²) < 4.78 is 0. The molecule has 4 nitrogen and oxygen atoms in total. The fourth-order valence-electron chi connectivity index (χ4n) is 2.89. The van der Waals surface area contributed by atoms with Gasteiger partial charge in [0.25, 0.3) is 0 Å². The molecule has 2 heterocycles. The Morgan fingerprint density at radius 1 is 1.15 bits per heavy atom. The zero-order valence-electron chi connectivity index (χ0n) is 13.4. The molecule has 0 amide bonds. The molecule has 0 spiro atoms. The van der Waals surface area contributed by atoms with E-state index in [0.717, 1.165) is 49.9 Å². The molecule has 1 aromatic rings. The van der Waals surface area contributed by atoms with Crippen molar-refractivity contribution in [2.24, 2.45) is 5.92 Å². The summed E-state index contributed by atoms with van der Waals surface area (Å²) in [6.07, 6.45) is 3.59. The standard InChI is InChI=1S/C16H28N4/c1-5-17-11-12(2)10-15-13(3)18-16(19-14(15)4)20-8-6-7-9-20/h12,17H,5-11H2,1-4H3. The Labute approximate surface area is 123 Å². The summed E-state index contributed by atoms with van der Waals surface area (Å²) >= 11 is 0. The molecule has 112 valence electrons. The van der Waals surface area contributed by atoms with Crippen LogP contribution < -0.4 is 10.2 Å². The van der Waals surface area contributed by atoms with Crippen LogP contribution in [0.1, 0.15) is 43.6 Å². The van der Waals surface area contributed by atoms with Gasteiger partial charge in [0, 0.05) is 24.5 Å². The first kappa shape index (κ1) is 15.2. The van der Waals surface area contributed by atoms with Gasteiger partial charge in [-0.25, -0.2) is 9.97 Å². The molecule has 0 aliphatic carbocycles. The predicted molar refractivity (Wildman–Crippen MR) is 84.4 cm³/mol. The van der Waals surface area contributed by atoms with E-state index in [0.29, 0.717) is 5.92 Å². The van der Waals surface area contributed by atoms with Gasteiger partial charge in [-0.1, -0.05) is 13.8 Å². The molecule has 2 rings (SSSR count). The Balaban J connectivity index is 2.09. The van der Waals surface area contributed by atoms with Gasteiger partial charge in [0.05, 0.1) is 0 Å². The molecule has 4 heteroatoms. The van der Waals surface area contributed by atoms with Crippen LogP contribution in [0.4, 0.5) is 5.95 Å². The molecular formula is C16H28N4. The smallest absolute Gasteiger partial charge is 0.225 e. The van der Waals surface area contributed by atoms with Gasteiger partial charge in [0.1, 0.15) is 0 Å². The molecule has 0 saturated carbocycles. The lowest BCUT2D eigenvalue weighted by Crippen LogP contribution is -2.24. The van der Waals surface area contributed by atoms with Gasteiger partial charge in [0.15, 0.2) is 0 Å². The van der Waals surface area contributed by atoms with Gasteiger partial charge in [-0.3, -0.25) is 0 Å². The van der Waals surface area contributed by atoms with E-state index in [4.69, 9.17) is 9.97 Å². The summed E-state index contributed by atoms with van der Waals surface area (Å²) in [5, 5.41) is 3.41. The maximum atomic E-state index is 4.74. The van der Waals surface area contributed by atoms with Gasteiger partial charge < -0.3 is 10.2 Å². The van der Waals surface area contributed by atoms with Crippen molar-refractivity contribution >= 4 is 5.95 Å². The first-order valence-electron chi connectivity index (χ1n) is 7.91. The first-order valence-corrected chi connectivity index (χ1v) is 7.91. The Bertz CT molecular complexity index is 415. The Hall–Kier alpha value is -1.16. The summed E-state index contributed by atoms with van der Waals surface area (Å²) in [6, 6.07) is 0. The average molecular weight is 276 g/mol. The van der Waals surface area contributed by atoms with Crippen molar-refractivity contribution in [2.75, 3.05) is 31.1 Å². The van der Waals surface area contributed by atoms with Crippen LogP contribution in [-0.2, 0) is 6.42 Å². The van der Waals surface area contributed by atoms with E-state index in [1.807, 2.05) is 0 Å². The van der Waals surface area contributed by atoms with Crippen LogP contribution in [0.2, 0.25) is 0 Å². The van der Waals surface area contributed by atoms with Crippen molar-refractivity contribution in [2.45, 2.75) is 47.0 Å². The van der Waals surface area contributed by atoms with Crippen LogP contribution in [0.3, 0.4) is 0 Å². The Morgan fingerprint density at radius 2 is 1.75 bits per heavy atom. The number of nitrogens with one attached hydrogen (secondary N) is 1. The molecule has 1 fully saturated rings. The monoisotopic (exact) mass is 276 g/mol. The maximum Gasteiger partial charge on any atom is 0.225 e. The minimum Gasteiger partial charge on any atom is -0.341 e. The fraction of sp³-hybridized carbons (Fsp3) is 0.750. The van der Waals surface area contributed by atoms with Crippen molar-refractivity contribution in [3.05, 3.63) is 17.0 Å².